The summed E-state index contributed by atoms with van der Waals surface area (Å²) in [5.41, 5.74) is 0.521. The van der Waals surface area contributed by atoms with Crippen molar-refractivity contribution in [3.8, 4) is 0 Å². The number of carbonyl (C=O) groups is 1. The van der Waals surface area contributed by atoms with E-state index in [-0.39, 0.29) is 16.3 Å². The molecule has 21 heavy (non-hydrogen) atoms. The fraction of sp³-hybridized carbons (Fsp3) is 0.273. The second kappa shape index (κ2) is 5.28. The van der Waals surface area contributed by atoms with Gasteiger partial charge in [-0.25, -0.2) is 0 Å². The summed E-state index contributed by atoms with van der Waals surface area (Å²) in [5.74, 6) is -3.75. The Hall–Kier alpha value is -2.23. The zero-order valence-electron chi connectivity index (χ0n) is 10.3. The number of thiocarbonyl (C=S) groups is 1. The van der Waals surface area contributed by atoms with Gasteiger partial charge in [-0.15, -0.1) is 4.91 Å². The first-order valence-corrected chi connectivity index (χ1v) is 5.87. The molecule has 1 amide bonds. The molecule has 0 bridgehead atoms. The Bertz CT molecular complexity index is 690. The van der Waals surface area contributed by atoms with Crippen LogP contribution < -0.4 is 0 Å². The van der Waals surface area contributed by atoms with E-state index in [4.69, 9.17) is 12.2 Å². The predicted octanol–water partition coefficient (Wildman–Crippen LogP) is 2.71. The maximum Gasteiger partial charge on any atom is 0.471 e. The number of hydrogen-bond acceptors (Lipinski definition) is 6. The molecule has 0 aliphatic heterocycles. The Labute approximate surface area is 120 Å². The van der Waals surface area contributed by atoms with E-state index in [1.807, 2.05) is 0 Å². The lowest BCUT2D eigenvalue weighted by Gasteiger charge is -2.17. The van der Waals surface area contributed by atoms with Crippen LogP contribution in [0, 0.1) is 10.8 Å². The minimum atomic E-state index is -4.75. The van der Waals surface area contributed by atoms with Gasteiger partial charge in [-0.2, -0.15) is 18.2 Å². The number of carbonyl (C=O) groups excluding carboxylic acids is 1. The first-order valence-electron chi connectivity index (χ1n) is 5.46. The Kier molecular flexibility index (Phi) is 3.81. The second-order valence-corrected chi connectivity index (χ2v) is 4.65. The Morgan fingerprint density at radius 3 is 2.57 bits per heavy atom. The van der Waals surface area contributed by atoms with Gasteiger partial charge in [-0.3, -0.25) is 4.79 Å². The summed E-state index contributed by atoms with van der Waals surface area (Å²) in [6.07, 6.45) is -2.16. The summed E-state index contributed by atoms with van der Waals surface area (Å²) in [6, 6.07) is 0. The van der Waals surface area contributed by atoms with Crippen molar-refractivity contribution in [1.82, 2.24) is 10.1 Å². The Balaban J connectivity index is 2.35. The van der Waals surface area contributed by atoms with Crippen LogP contribution in [0.2, 0.25) is 0 Å². The van der Waals surface area contributed by atoms with E-state index in [0.717, 1.165) is 0 Å². The fourth-order valence-corrected chi connectivity index (χ4v) is 2.20. The quantitative estimate of drug-likeness (QED) is 0.616. The molecule has 1 aliphatic rings. The van der Waals surface area contributed by atoms with Gasteiger partial charge in [0.15, 0.2) is 0 Å². The van der Waals surface area contributed by atoms with Gasteiger partial charge in [0.25, 0.3) is 5.91 Å². The van der Waals surface area contributed by atoms with Crippen LogP contribution in [0.15, 0.2) is 27.4 Å². The molecule has 110 valence electrons. The van der Waals surface area contributed by atoms with Crippen LogP contribution in [0.25, 0.3) is 5.57 Å². The number of hydrogen-bond donors (Lipinski definition) is 0. The highest BCUT2D eigenvalue weighted by Gasteiger charge is 2.39. The average molecular weight is 317 g/mol. The van der Waals surface area contributed by atoms with Crippen molar-refractivity contribution in [1.29, 1.82) is 0 Å². The lowest BCUT2D eigenvalue weighted by molar-refractivity contribution is -0.159. The van der Waals surface area contributed by atoms with Gasteiger partial charge in [0.1, 0.15) is 0 Å². The molecule has 1 heterocycles. The third kappa shape index (κ3) is 2.94. The Morgan fingerprint density at radius 2 is 2.10 bits per heavy atom. The van der Waals surface area contributed by atoms with Crippen molar-refractivity contribution in [3.05, 3.63) is 34.3 Å². The van der Waals surface area contributed by atoms with Gasteiger partial charge in [0, 0.05) is 15.6 Å². The zero-order valence-corrected chi connectivity index (χ0v) is 11.2. The molecule has 6 nitrogen and oxygen atoms in total. The van der Waals surface area contributed by atoms with Crippen molar-refractivity contribution < 1.29 is 22.5 Å². The molecule has 1 aromatic rings. The summed E-state index contributed by atoms with van der Waals surface area (Å²) in [5, 5.41) is 5.52. The second-order valence-electron chi connectivity index (χ2n) is 4.17. The molecular formula is C11H6F3N3O3S. The van der Waals surface area contributed by atoms with E-state index in [2.05, 4.69) is 19.8 Å². The summed E-state index contributed by atoms with van der Waals surface area (Å²) in [6.45, 7) is 1.50. The molecule has 0 fully saturated rings. The van der Waals surface area contributed by atoms with Crippen LogP contribution in [0.3, 0.4) is 0 Å². The number of amides is 1. The third-order valence-electron chi connectivity index (χ3n) is 2.68. The van der Waals surface area contributed by atoms with Gasteiger partial charge in [-0.1, -0.05) is 29.0 Å². The predicted molar refractivity (Wildman–Crippen MR) is 67.9 cm³/mol. The van der Waals surface area contributed by atoms with Gasteiger partial charge in [-0.05, 0) is 13.0 Å². The number of nitroso groups, excluding NO2 is 1. The third-order valence-corrected chi connectivity index (χ3v) is 3.04. The molecule has 0 spiro atoms. The fourth-order valence-electron chi connectivity index (χ4n) is 1.79. The topological polar surface area (TPSA) is 85.4 Å². The monoisotopic (exact) mass is 317 g/mol. The van der Waals surface area contributed by atoms with Crippen LogP contribution in [0.4, 0.5) is 13.2 Å². The molecule has 1 atom stereocenters. The highest BCUT2D eigenvalue weighted by Crippen LogP contribution is 2.31. The molecule has 2 rings (SSSR count). The van der Waals surface area contributed by atoms with E-state index >= 15 is 0 Å². The van der Waals surface area contributed by atoms with E-state index in [1.165, 1.54) is 19.1 Å². The lowest BCUT2D eigenvalue weighted by atomic mass is 9.88. The molecular weight excluding hydrogens is 311 g/mol. The summed E-state index contributed by atoms with van der Waals surface area (Å²) < 4.78 is 41.3. The molecule has 0 N–H and O–H groups in total. The molecule has 1 aromatic heterocycles. The highest BCUT2D eigenvalue weighted by molar-refractivity contribution is 7.80. The van der Waals surface area contributed by atoms with Crippen LogP contribution in [-0.2, 0) is 11.0 Å². The molecule has 1 unspecified atom stereocenters. The van der Waals surface area contributed by atoms with E-state index in [1.54, 1.807) is 0 Å². The average Bonchev–Trinajstić information content (AvgIpc) is 2.86. The Morgan fingerprint density at radius 1 is 1.43 bits per heavy atom. The molecule has 0 aromatic carbocycles. The first-order chi connectivity index (χ1) is 9.74. The minimum Gasteiger partial charge on any atom is -0.329 e. The van der Waals surface area contributed by atoms with Gasteiger partial charge in [0.05, 0.1) is 5.92 Å². The van der Waals surface area contributed by atoms with Crippen molar-refractivity contribution in [3.63, 3.8) is 0 Å². The SMILES string of the molecule is CC1=CC(c2noc(C(F)(F)F)n2)=CC(=S)C1C(=O)N=O. The van der Waals surface area contributed by atoms with Crippen LogP contribution >= 0.6 is 12.2 Å². The normalized spacial score (nSPS) is 19.0. The number of alkyl halides is 3. The summed E-state index contributed by atoms with van der Waals surface area (Å²) in [7, 11) is 0. The van der Waals surface area contributed by atoms with Crippen molar-refractivity contribution >= 4 is 28.6 Å². The van der Waals surface area contributed by atoms with Crippen LogP contribution in [0.5, 0.6) is 0 Å². The molecule has 10 heteroatoms. The molecule has 0 radical (unpaired) electrons. The van der Waals surface area contributed by atoms with Crippen molar-refractivity contribution in [2.75, 3.05) is 0 Å². The van der Waals surface area contributed by atoms with Gasteiger partial charge < -0.3 is 4.52 Å². The van der Waals surface area contributed by atoms with E-state index in [9.17, 15) is 22.9 Å². The summed E-state index contributed by atoms with van der Waals surface area (Å²) in [4.78, 5) is 24.9. The number of aromatic nitrogens is 2. The zero-order chi connectivity index (χ0) is 15.8. The van der Waals surface area contributed by atoms with E-state index < -0.39 is 23.9 Å². The van der Waals surface area contributed by atoms with Gasteiger partial charge >= 0.3 is 12.1 Å². The number of rotatable bonds is 2. The largest absolute Gasteiger partial charge is 0.471 e. The first kappa shape index (κ1) is 15.2. The van der Waals surface area contributed by atoms with Crippen LogP contribution in [0.1, 0.15) is 18.6 Å². The van der Waals surface area contributed by atoms with Gasteiger partial charge in [0.2, 0.25) is 5.82 Å². The summed E-state index contributed by atoms with van der Waals surface area (Å²) >= 11 is 4.96. The molecule has 1 aliphatic carbocycles. The van der Waals surface area contributed by atoms with Crippen molar-refractivity contribution in [2.45, 2.75) is 13.1 Å². The molecule has 0 saturated heterocycles. The number of nitrogens with zero attached hydrogens (tertiary/aromatic N) is 3. The standard InChI is InChI=1S/C11H6F3N3O3S/c1-4-2-5(3-6(21)7(4)9(18)16-19)8-15-10(20-17-8)11(12,13)14/h2-3,7H,1H3. The van der Waals surface area contributed by atoms with Crippen molar-refractivity contribution in [2.24, 2.45) is 11.1 Å². The van der Waals surface area contributed by atoms with Crippen LogP contribution in [-0.4, -0.2) is 20.9 Å². The lowest BCUT2D eigenvalue weighted by Crippen LogP contribution is -2.23. The maximum atomic E-state index is 12.4. The number of halogens is 3. The maximum absolute atomic E-state index is 12.4. The minimum absolute atomic E-state index is 0.0490. The molecule has 0 saturated carbocycles. The smallest absolute Gasteiger partial charge is 0.329 e. The number of allylic oxidation sites excluding steroid dienone is 3. The van der Waals surface area contributed by atoms with E-state index in [0.29, 0.717) is 5.57 Å². The highest BCUT2D eigenvalue weighted by atomic mass is 32.1.